The van der Waals surface area contributed by atoms with Gasteiger partial charge in [0.2, 0.25) is 0 Å². The molecule has 0 radical (unpaired) electrons. The van der Waals surface area contributed by atoms with Gasteiger partial charge in [0.15, 0.2) is 5.82 Å². The second-order valence-electron chi connectivity index (χ2n) is 6.07. The molecule has 0 unspecified atom stereocenters. The van der Waals surface area contributed by atoms with Crippen molar-refractivity contribution in [3.63, 3.8) is 0 Å². The van der Waals surface area contributed by atoms with Gasteiger partial charge in [-0.05, 0) is 25.1 Å². The van der Waals surface area contributed by atoms with Crippen molar-refractivity contribution >= 4 is 5.82 Å². The van der Waals surface area contributed by atoms with Gasteiger partial charge in [-0.25, -0.2) is 4.68 Å². The average molecular weight is 345 g/mol. The number of rotatable bonds is 5. The zero-order valence-corrected chi connectivity index (χ0v) is 14.7. The van der Waals surface area contributed by atoms with E-state index < -0.39 is 0 Å². The van der Waals surface area contributed by atoms with Crippen LogP contribution in [0.2, 0.25) is 0 Å². The van der Waals surface area contributed by atoms with Gasteiger partial charge in [0, 0.05) is 37.1 Å². The molecule has 130 valence electrons. The number of aryl methyl sites for hydroxylation is 2. The first-order valence-electron chi connectivity index (χ1n) is 8.37. The van der Waals surface area contributed by atoms with Crippen molar-refractivity contribution in [2.45, 2.75) is 13.5 Å². The molecule has 0 saturated heterocycles. The molecular formula is C19H19N7. The number of aromatic nitrogens is 6. The molecule has 0 aliphatic rings. The van der Waals surface area contributed by atoms with Crippen molar-refractivity contribution < 1.29 is 0 Å². The Bertz CT molecular complexity index is 1000. The summed E-state index contributed by atoms with van der Waals surface area (Å²) in [5.41, 5.74) is 4.11. The molecule has 3 heterocycles. The third-order valence-corrected chi connectivity index (χ3v) is 4.02. The van der Waals surface area contributed by atoms with Crippen molar-refractivity contribution in [3.05, 3.63) is 72.2 Å². The summed E-state index contributed by atoms with van der Waals surface area (Å²) < 4.78 is 3.54. The van der Waals surface area contributed by atoms with Crippen molar-refractivity contribution in [2.75, 3.05) is 5.32 Å². The zero-order chi connectivity index (χ0) is 17.9. The summed E-state index contributed by atoms with van der Waals surface area (Å²) in [6.45, 7) is 2.56. The van der Waals surface area contributed by atoms with Crippen molar-refractivity contribution in [1.82, 2.24) is 29.8 Å². The number of anilines is 1. The minimum absolute atomic E-state index is 0.618. The molecule has 1 aromatic carbocycles. The Morgan fingerprint density at radius 1 is 0.962 bits per heavy atom. The topological polar surface area (TPSA) is 73.5 Å². The highest BCUT2D eigenvalue weighted by Crippen LogP contribution is 2.22. The van der Waals surface area contributed by atoms with E-state index in [9.17, 15) is 0 Å². The summed E-state index contributed by atoms with van der Waals surface area (Å²) >= 11 is 0. The lowest BCUT2D eigenvalue weighted by Gasteiger charge is -2.06. The van der Waals surface area contributed by atoms with Crippen LogP contribution >= 0.6 is 0 Å². The van der Waals surface area contributed by atoms with Crippen LogP contribution in [0.15, 0.2) is 60.9 Å². The van der Waals surface area contributed by atoms with E-state index in [0.717, 1.165) is 22.5 Å². The zero-order valence-electron chi connectivity index (χ0n) is 14.7. The third-order valence-electron chi connectivity index (χ3n) is 4.02. The Morgan fingerprint density at radius 2 is 1.81 bits per heavy atom. The summed E-state index contributed by atoms with van der Waals surface area (Å²) in [7, 11) is 1.93. The van der Waals surface area contributed by atoms with Gasteiger partial charge in [0.1, 0.15) is 5.82 Å². The monoisotopic (exact) mass is 345 g/mol. The standard InChI is InChI=1S/C19H19N7/c1-14-10-11-26(23-14)18-9-8-17(21-22-18)20-12-16-13-25(2)24-19(16)15-6-4-3-5-7-15/h3-11,13H,12H2,1-2H3,(H,20,21). The van der Waals surface area contributed by atoms with E-state index in [1.54, 1.807) is 4.68 Å². The van der Waals surface area contributed by atoms with E-state index in [1.807, 2.05) is 67.4 Å². The van der Waals surface area contributed by atoms with E-state index in [2.05, 4.69) is 37.8 Å². The van der Waals surface area contributed by atoms with Gasteiger partial charge in [-0.3, -0.25) is 4.68 Å². The molecule has 0 saturated carbocycles. The van der Waals surface area contributed by atoms with Gasteiger partial charge in [-0.2, -0.15) is 10.2 Å². The first-order valence-corrected chi connectivity index (χ1v) is 8.37. The van der Waals surface area contributed by atoms with Crippen LogP contribution in [0.4, 0.5) is 5.82 Å². The molecule has 4 aromatic rings. The lowest BCUT2D eigenvalue weighted by atomic mass is 10.1. The van der Waals surface area contributed by atoms with E-state index in [1.165, 1.54) is 0 Å². The minimum Gasteiger partial charge on any atom is -0.364 e. The largest absolute Gasteiger partial charge is 0.364 e. The Labute approximate surface area is 151 Å². The van der Waals surface area contributed by atoms with Gasteiger partial charge in [-0.15, -0.1) is 10.2 Å². The van der Waals surface area contributed by atoms with Crippen LogP contribution in [0.3, 0.4) is 0 Å². The molecule has 1 N–H and O–H groups in total. The number of hydrogen-bond donors (Lipinski definition) is 1. The molecule has 0 aliphatic carbocycles. The summed E-state index contributed by atoms with van der Waals surface area (Å²) in [6, 6.07) is 15.9. The predicted octanol–water partition coefficient (Wildman–Crippen LogP) is 2.98. The summed E-state index contributed by atoms with van der Waals surface area (Å²) in [6.07, 6.45) is 3.89. The molecule has 3 aromatic heterocycles. The molecular weight excluding hydrogens is 326 g/mol. The van der Waals surface area contributed by atoms with Crippen LogP contribution in [0.1, 0.15) is 11.3 Å². The van der Waals surface area contributed by atoms with Gasteiger partial charge in [-0.1, -0.05) is 30.3 Å². The highest BCUT2D eigenvalue weighted by atomic mass is 15.3. The fourth-order valence-corrected chi connectivity index (χ4v) is 2.78. The number of nitrogens with one attached hydrogen (secondary N) is 1. The number of nitrogens with zero attached hydrogens (tertiary/aromatic N) is 6. The molecule has 7 nitrogen and oxygen atoms in total. The second-order valence-corrected chi connectivity index (χ2v) is 6.07. The molecule has 0 atom stereocenters. The van der Waals surface area contributed by atoms with Crippen LogP contribution in [0.25, 0.3) is 17.1 Å². The van der Waals surface area contributed by atoms with Crippen LogP contribution in [-0.4, -0.2) is 29.8 Å². The normalized spacial score (nSPS) is 10.8. The first-order chi connectivity index (χ1) is 12.7. The lowest BCUT2D eigenvalue weighted by Crippen LogP contribution is -2.05. The van der Waals surface area contributed by atoms with Gasteiger partial charge >= 0.3 is 0 Å². The highest BCUT2D eigenvalue weighted by molar-refractivity contribution is 5.63. The molecule has 0 bridgehead atoms. The fraction of sp³-hybridized carbons (Fsp3) is 0.158. The molecule has 4 rings (SSSR count). The van der Waals surface area contributed by atoms with E-state index in [0.29, 0.717) is 18.2 Å². The fourth-order valence-electron chi connectivity index (χ4n) is 2.78. The van der Waals surface area contributed by atoms with Gasteiger partial charge in [0.25, 0.3) is 0 Å². The summed E-state index contributed by atoms with van der Waals surface area (Å²) in [4.78, 5) is 0. The van der Waals surface area contributed by atoms with Gasteiger partial charge < -0.3 is 5.32 Å². The van der Waals surface area contributed by atoms with Crippen molar-refractivity contribution in [1.29, 1.82) is 0 Å². The predicted molar refractivity (Wildman–Crippen MR) is 99.9 cm³/mol. The summed E-state index contributed by atoms with van der Waals surface area (Å²) in [5, 5.41) is 20.7. The van der Waals surface area contributed by atoms with Crippen molar-refractivity contribution in [2.24, 2.45) is 7.05 Å². The quantitative estimate of drug-likeness (QED) is 0.602. The van der Waals surface area contributed by atoms with Gasteiger partial charge in [0.05, 0.1) is 11.4 Å². The number of benzene rings is 1. The Kier molecular flexibility index (Phi) is 4.18. The maximum Gasteiger partial charge on any atom is 0.175 e. The molecule has 0 amide bonds. The number of hydrogen-bond acceptors (Lipinski definition) is 5. The highest BCUT2D eigenvalue weighted by Gasteiger charge is 2.10. The lowest BCUT2D eigenvalue weighted by molar-refractivity contribution is 0.770. The maximum atomic E-state index is 4.58. The van der Waals surface area contributed by atoms with E-state index in [4.69, 9.17) is 0 Å². The molecule has 0 aliphatic heterocycles. The first kappa shape index (κ1) is 16.0. The molecule has 7 heteroatoms. The summed E-state index contributed by atoms with van der Waals surface area (Å²) in [5.74, 6) is 1.40. The Hall–Kier alpha value is -3.48. The van der Waals surface area contributed by atoms with Crippen LogP contribution in [-0.2, 0) is 13.6 Å². The Morgan fingerprint density at radius 3 is 2.50 bits per heavy atom. The van der Waals surface area contributed by atoms with Crippen LogP contribution < -0.4 is 5.32 Å². The minimum atomic E-state index is 0.618. The average Bonchev–Trinajstić information content (AvgIpc) is 3.27. The molecule has 0 fully saturated rings. The van der Waals surface area contributed by atoms with Crippen LogP contribution in [0.5, 0.6) is 0 Å². The SMILES string of the molecule is Cc1ccn(-c2ccc(NCc3cn(C)nc3-c3ccccc3)nn2)n1. The molecule has 0 spiro atoms. The smallest absolute Gasteiger partial charge is 0.175 e. The van der Waals surface area contributed by atoms with Crippen molar-refractivity contribution in [3.8, 4) is 17.1 Å². The van der Waals surface area contributed by atoms with Crippen LogP contribution in [0, 0.1) is 6.92 Å². The van der Waals surface area contributed by atoms with E-state index in [-0.39, 0.29) is 0 Å². The van der Waals surface area contributed by atoms with E-state index >= 15 is 0 Å². The second kappa shape index (κ2) is 6.79. The maximum absolute atomic E-state index is 4.58. The Balaban J connectivity index is 1.50. The molecule has 26 heavy (non-hydrogen) atoms. The third kappa shape index (κ3) is 3.32.